The van der Waals surface area contributed by atoms with Gasteiger partial charge in [-0.3, -0.25) is 0 Å². The average molecular weight is 774 g/mol. The lowest BCUT2D eigenvalue weighted by atomic mass is 9.68. The van der Waals surface area contributed by atoms with E-state index < -0.39 is 0 Å². The van der Waals surface area contributed by atoms with Gasteiger partial charge in [0.25, 0.3) is 0 Å². The van der Waals surface area contributed by atoms with Crippen molar-refractivity contribution in [3.05, 3.63) is 215 Å². The molecule has 282 valence electrons. The molecule has 0 fully saturated rings. The highest BCUT2D eigenvalue weighted by Gasteiger charge is 2.38. The highest BCUT2D eigenvalue weighted by molar-refractivity contribution is 7.20. The van der Waals surface area contributed by atoms with E-state index in [4.69, 9.17) is 4.98 Å². The largest absolute Gasteiger partial charge is 0.248 e. The van der Waals surface area contributed by atoms with Gasteiger partial charge in [-0.15, -0.1) is 11.3 Å². The van der Waals surface area contributed by atoms with E-state index in [-0.39, 0.29) is 0 Å². The Balaban J connectivity index is 0.999. The van der Waals surface area contributed by atoms with Gasteiger partial charge in [0.1, 0.15) is 0 Å². The second-order valence-corrected chi connectivity index (χ2v) is 17.4. The van der Waals surface area contributed by atoms with Crippen LogP contribution in [0.3, 0.4) is 0 Å². The summed E-state index contributed by atoms with van der Waals surface area (Å²) in [4.78, 5) is 6.74. The van der Waals surface area contributed by atoms with E-state index in [0.717, 1.165) is 40.9 Å². The molecule has 0 N–H and O–H groups in total. The molecule has 11 rings (SSSR count). The Labute approximate surface area is 351 Å². The maximum Gasteiger partial charge on any atom is 0.0715 e. The highest BCUT2D eigenvalue weighted by Crippen LogP contribution is 2.59. The maximum atomic E-state index is 5.23. The molecule has 59 heavy (non-hydrogen) atoms. The molecular weight excluding hydrogens is 731 g/mol. The van der Waals surface area contributed by atoms with Crippen LogP contribution in [0.25, 0.3) is 82.7 Å². The van der Waals surface area contributed by atoms with E-state index >= 15 is 0 Å². The number of benzene rings is 7. The Morgan fingerprint density at radius 3 is 1.80 bits per heavy atom. The van der Waals surface area contributed by atoms with Gasteiger partial charge in [-0.1, -0.05) is 164 Å². The van der Waals surface area contributed by atoms with Gasteiger partial charge in [0.2, 0.25) is 0 Å². The molecular formula is C57H43NS. The molecule has 2 aliphatic rings. The zero-order valence-corrected chi connectivity index (χ0v) is 34.1. The number of hydrogen-bond acceptors (Lipinski definition) is 2. The number of hydrogen-bond donors (Lipinski definition) is 0. The van der Waals surface area contributed by atoms with Gasteiger partial charge >= 0.3 is 0 Å². The lowest BCUT2D eigenvalue weighted by Gasteiger charge is -2.36. The summed E-state index contributed by atoms with van der Waals surface area (Å²) in [5.41, 5.74) is 21.6. The van der Waals surface area contributed by atoms with Crippen molar-refractivity contribution in [1.29, 1.82) is 0 Å². The van der Waals surface area contributed by atoms with Gasteiger partial charge < -0.3 is 0 Å². The summed E-state index contributed by atoms with van der Waals surface area (Å²) in [6.07, 6.45) is 2.20. The van der Waals surface area contributed by atoms with E-state index in [0.29, 0.717) is 11.8 Å². The Morgan fingerprint density at radius 2 is 1.05 bits per heavy atom. The second kappa shape index (κ2) is 14.6. The fourth-order valence-electron chi connectivity index (χ4n) is 9.81. The van der Waals surface area contributed by atoms with E-state index in [1.165, 1.54) is 76.2 Å². The lowest BCUT2D eigenvalue weighted by Crippen LogP contribution is -2.19. The monoisotopic (exact) mass is 773 g/mol. The quantitative estimate of drug-likeness (QED) is 0.170. The van der Waals surface area contributed by atoms with Crippen molar-refractivity contribution >= 4 is 27.0 Å². The first kappa shape index (κ1) is 35.5. The van der Waals surface area contributed by atoms with Crippen molar-refractivity contribution in [3.63, 3.8) is 0 Å². The SMILES string of the molecule is CC1=C2c3ccccc3-c3c(sc4ccc(-c5cccc(-c6cccc(-c7cc(-c8ccccc8)cc(-c8ccccc8)n7)c6)c5)cc34)C2C(C)c2ccccc2CC1. The molecule has 0 radical (unpaired) electrons. The zero-order valence-electron chi connectivity index (χ0n) is 33.3. The van der Waals surface area contributed by atoms with Crippen LogP contribution >= 0.6 is 11.3 Å². The third kappa shape index (κ3) is 6.27. The Kier molecular flexibility index (Phi) is 8.82. The number of pyridine rings is 1. The summed E-state index contributed by atoms with van der Waals surface area (Å²) in [6.45, 7) is 4.85. The third-order valence-electron chi connectivity index (χ3n) is 12.8. The standard InChI is InChI=1S/C57H43NS/c1-36-27-28-39-17-9-10-24-47(39)37(2)55-54(36)48-25-11-12-26-49(48)56-50-33-44(29-30-53(50)59-57(55)56)42-21-13-20-41(31-42)43-22-14-23-45(32-43)52-35-46(38-15-5-3-6-16-38)34-51(58-52)40-18-7-4-8-19-40/h3-26,29-35,37,55H,27-28H2,1-2H3. The van der Waals surface area contributed by atoms with Crippen LogP contribution in [0.1, 0.15) is 53.7 Å². The average Bonchev–Trinajstić information content (AvgIpc) is 3.69. The van der Waals surface area contributed by atoms with Gasteiger partial charge in [0.15, 0.2) is 0 Å². The molecule has 2 heteroatoms. The molecule has 2 unspecified atom stereocenters. The minimum absolute atomic E-state index is 0.324. The van der Waals surface area contributed by atoms with Gasteiger partial charge in [-0.25, -0.2) is 4.98 Å². The van der Waals surface area contributed by atoms with Crippen LogP contribution in [0, 0.1) is 0 Å². The third-order valence-corrected chi connectivity index (χ3v) is 14.0. The molecule has 2 heterocycles. The summed E-state index contributed by atoms with van der Waals surface area (Å²) in [5, 5.41) is 1.36. The fourth-order valence-corrected chi connectivity index (χ4v) is 11.2. The van der Waals surface area contributed by atoms with Crippen molar-refractivity contribution in [1.82, 2.24) is 4.98 Å². The molecule has 0 amide bonds. The number of aromatic nitrogens is 1. The summed E-state index contributed by atoms with van der Waals surface area (Å²) in [7, 11) is 0. The summed E-state index contributed by atoms with van der Waals surface area (Å²) in [6, 6.07) is 69.0. The molecule has 2 aromatic heterocycles. The van der Waals surface area contributed by atoms with E-state index in [1.807, 2.05) is 11.3 Å². The van der Waals surface area contributed by atoms with Crippen molar-refractivity contribution in [2.24, 2.45) is 0 Å². The van der Waals surface area contributed by atoms with Crippen LogP contribution in [0.4, 0.5) is 0 Å². The minimum Gasteiger partial charge on any atom is -0.248 e. The fraction of sp³-hybridized carbons (Fsp3) is 0.105. The highest BCUT2D eigenvalue weighted by atomic mass is 32.1. The summed E-state index contributed by atoms with van der Waals surface area (Å²) >= 11 is 2.01. The summed E-state index contributed by atoms with van der Waals surface area (Å²) in [5.74, 6) is 0.703. The summed E-state index contributed by atoms with van der Waals surface area (Å²) < 4.78 is 1.36. The van der Waals surface area contributed by atoms with Crippen molar-refractivity contribution in [2.45, 2.75) is 38.5 Å². The lowest BCUT2D eigenvalue weighted by molar-refractivity contribution is 0.671. The first-order chi connectivity index (χ1) is 29.1. The van der Waals surface area contributed by atoms with Crippen LogP contribution in [-0.4, -0.2) is 4.98 Å². The second-order valence-electron chi connectivity index (χ2n) is 16.3. The van der Waals surface area contributed by atoms with Gasteiger partial charge in [0, 0.05) is 37.6 Å². The molecule has 0 saturated heterocycles. The Morgan fingerprint density at radius 1 is 0.475 bits per heavy atom. The molecule has 0 bridgehead atoms. The molecule has 0 aliphatic heterocycles. The number of allylic oxidation sites excluding steroid dienone is 2. The predicted octanol–water partition coefficient (Wildman–Crippen LogP) is 15.9. The van der Waals surface area contributed by atoms with Gasteiger partial charge in [0.05, 0.1) is 11.4 Å². The molecule has 0 saturated carbocycles. The van der Waals surface area contributed by atoms with Crippen LogP contribution in [0.5, 0.6) is 0 Å². The maximum absolute atomic E-state index is 5.23. The van der Waals surface area contributed by atoms with Crippen LogP contribution in [0.15, 0.2) is 194 Å². The van der Waals surface area contributed by atoms with Crippen molar-refractivity contribution in [2.75, 3.05) is 0 Å². The first-order valence-electron chi connectivity index (χ1n) is 20.9. The number of thiophene rings is 1. The Hall–Kier alpha value is -6.61. The van der Waals surface area contributed by atoms with Gasteiger partial charge in [-0.05, 0) is 123 Å². The molecule has 1 nitrogen and oxygen atoms in total. The number of fused-ring (bicyclic) bond motifs is 9. The first-order valence-corrected chi connectivity index (χ1v) is 21.7. The van der Waals surface area contributed by atoms with Crippen molar-refractivity contribution < 1.29 is 0 Å². The smallest absolute Gasteiger partial charge is 0.0715 e. The zero-order chi connectivity index (χ0) is 39.5. The molecule has 2 aliphatic carbocycles. The van der Waals surface area contributed by atoms with E-state index in [1.54, 1.807) is 5.57 Å². The van der Waals surface area contributed by atoms with Gasteiger partial charge in [-0.2, -0.15) is 0 Å². The normalized spacial score (nSPS) is 15.8. The van der Waals surface area contributed by atoms with E-state index in [9.17, 15) is 0 Å². The minimum atomic E-state index is 0.324. The molecule has 9 aromatic rings. The molecule has 0 spiro atoms. The number of aryl methyl sites for hydroxylation is 1. The van der Waals surface area contributed by atoms with Crippen LogP contribution in [-0.2, 0) is 6.42 Å². The molecule has 2 atom stereocenters. The number of rotatable bonds is 5. The Bertz CT molecular complexity index is 3020. The van der Waals surface area contributed by atoms with Crippen LogP contribution in [0.2, 0.25) is 0 Å². The van der Waals surface area contributed by atoms with E-state index in [2.05, 4.69) is 202 Å². The van der Waals surface area contributed by atoms with Crippen LogP contribution < -0.4 is 0 Å². The molecule has 7 aromatic carbocycles. The topological polar surface area (TPSA) is 12.9 Å². The van der Waals surface area contributed by atoms with Crippen molar-refractivity contribution in [3.8, 4) is 67.0 Å². The predicted molar refractivity (Wildman–Crippen MR) is 251 cm³/mol. The number of nitrogens with zero attached hydrogens (tertiary/aromatic N) is 1.